The van der Waals surface area contributed by atoms with E-state index in [-0.39, 0.29) is 12.1 Å². The lowest BCUT2D eigenvalue weighted by molar-refractivity contribution is -0.0319. The Balaban J connectivity index is 2.00. The average molecular weight is 215 g/mol. The van der Waals surface area contributed by atoms with Gasteiger partial charge >= 0.3 is 0 Å². The molecule has 0 aromatic rings. The molecule has 0 aromatic carbocycles. The first-order chi connectivity index (χ1) is 7.11. The SMILES string of the molecule is CCOC1CC(CC(N)COC(C)C)C1. The first-order valence-corrected chi connectivity index (χ1v) is 6.10. The molecule has 1 aliphatic rings. The van der Waals surface area contributed by atoms with E-state index >= 15 is 0 Å². The molecule has 1 fully saturated rings. The van der Waals surface area contributed by atoms with Crippen LogP contribution in [0.25, 0.3) is 0 Å². The van der Waals surface area contributed by atoms with Gasteiger partial charge in [0.05, 0.1) is 18.8 Å². The third kappa shape index (κ3) is 4.96. The third-order valence-corrected chi connectivity index (χ3v) is 2.87. The van der Waals surface area contributed by atoms with Gasteiger partial charge in [0.25, 0.3) is 0 Å². The standard InChI is InChI=1S/C12H25NO2/c1-4-14-12-6-10(7-12)5-11(13)8-15-9(2)3/h9-12H,4-8,13H2,1-3H3. The van der Waals surface area contributed by atoms with E-state index in [4.69, 9.17) is 15.2 Å². The monoisotopic (exact) mass is 215 g/mol. The molecule has 0 saturated heterocycles. The third-order valence-electron chi connectivity index (χ3n) is 2.87. The molecule has 0 aromatic heterocycles. The molecule has 0 amide bonds. The Kier molecular flexibility index (Phi) is 5.58. The van der Waals surface area contributed by atoms with E-state index in [0.29, 0.717) is 12.7 Å². The summed E-state index contributed by atoms with van der Waals surface area (Å²) in [5.74, 6) is 0.757. The highest BCUT2D eigenvalue weighted by atomic mass is 16.5. The van der Waals surface area contributed by atoms with Crippen LogP contribution in [0, 0.1) is 5.92 Å². The molecule has 0 radical (unpaired) electrons. The molecular formula is C12H25NO2. The largest absolute Gasteiger partial charge is 0.378 e. The second-order valence-corrected chi connectivity index (χ2v) is 4.79. The van der Waals surface area contributed by atoms with Crippen molar-refractivity contribution in [2.75, 3.05) is 13.2 Å². The van der Waals surface area contributed by atoms with Crippen LogP contribution in [0.1, 0.15) is 40.0 Å². The summed E-state index contributed by atoms with van der Waals surface area (Å²) < 4.78 is 11.0. The van der Waals surface area contributed by atoms with Crippen LogP contribution in [0.3, 0.4) is 0 Å². The fourth-order valence-corrected chi connectivity index (χ4v) is 2.05. The van der Waals surface area contributed by atoms with Gasteiger partial charge in [-0.25, -0.2) is 0 Å². The normalized spacial score (nSPS) is 27.8. The van der Waals surface area contributed by atoms with Crippen molar-refractivity contribution in [3.8, 4) is 0 Å². The number of hydrogen-bond donors (Lipinski definition) is 1. The Bertz CT molecular complexity index is 167. The molecule has 0 aliphatic heterocycles. The van der Waals surface area contributed by atoms with Crippen LogP contribution in [0.4, 0.5) is 0 Å². The predicted molar refractivity (Wildman–Crippen MR) is 61.8 cm³/mol. The van der Waals surface area contributed by atoms with E-state index in [0.717, 1.165) is 18.9 Å². The maximum absolute atomic E-state index is 5.99. The Morgan fingerprint density at radius 2 is 2.00 bits per heavy atom. The number of ether oxygens (including phenoxy) is 2. The molecular weight excluding hydrogens is 190 g/mol. The molecule has 0 heterocycles. The number of nitrogens with two attached hydrogens (primary N) is 1. The highest BCUT2D eigenvalue weighted by Gasteiger charge is 2.30. The van der Waals surface area contributed by atoms with Crippen LogP contribution in [0.5, 0.6) is 0 Å². The maximum Gasteiger partial charge on any atom is 0.0621 e. The summed E-state index contributed by atoms with van der Waals surface area (Å²) in [5.41, 5.74) is 5.99. The summed E-state index contributed by atoms with van der Waals surface area (Å²) in [6, 6.07) is 0.194. The molecule has 2 N–H and O–H groups in total. The summed E-state index contributed by atoms with van der Waals surface area (Å²) in [6.07, 6.45) is 4.23. The molecule has 15 heavy (non-hydrogen) atoms. The Morgan fingerprint density at radius 3 is 2.53 bits per heavy atom. The minimum atomic E-state index is 0.194. The van der Waals surface area contributed by atoms with Gasteiger partial charge in [-0.1, -0.05) is 0 Å². The van der Waals surface area contributed by atoms with E-state index < -0.39 is 0 Å². The van der Waals surface area contributed by atoms with Gasteiger partial charge < -0.3 is 15.2 Å². The smallest absolute Gasteiger partial charge is 0.0621 e. The van der Waals surface area contributed by atoms with Gasteiger partial charge in [-0.2, -0.15) is 0 Å². The molecule has 3 nitrogen and oxygen atoms in total. The second-order valence-electron chi connectivity index (χ2n) is 4.79. The Morgan fingerprint density at radius 1 is 1.33 bits per heavy atom. The zero-order valence-corrected chi connectivity index (χ0v) is 10.2. The number of hydrogen-bond acceptors (Lipinski definition) is 3. The summed E-state index contributed by atoms with van der Waals surface area (Å²) in [5, 5.41) is 0. The van der Waals surface area contributed by atoms with Crippen molar-refractivity contribution in [2.24, 2.45) is 11.7 Å². The first-order valence-electron chi connectivity index (χ1n) is 6.10. The molecule has 0 bridgehead atoms. The van der Waals surface area contributed by atoms with Crippen molar-refractivity contribution in [2.45, 2.75) is 58.3 Å². The lowest BCUT2D eigenvalue weighted by Gasteiger charge is -2.36. The Labute approximate surface area is 93.3 Å². The predicted octanol–water partition coefficient (Wildman–Crippen LogP) is 1.94. The molecule has 1 aliphatic carbocycles. The zero-order valence-electron chi connectivity index (χ0n) is 10.2. The Hall–Kier alpha value is -0.120. The van der Waals surface area contributed by atoms with Gasteiger partial charge in [0.1, 0.15) is 0 Å². The highest BCUT2D eigenvalue weighted by Crippen LogP contribution is 2.33. The van der Waals surface area contributed by atoms with Crippen molar-refractivity contribution in [3.05, 3.63) is 0 Å². The average Bonchev–Trinajstić information content (AvgIpc) is 2.11. The van der Waals surface area contributed by atoms with Crippen molar-refractivity contribution >= 4 is 0 Å². The highest BCUT2D eigenvalue weighted by molar-refractivity contribution is 4.83. The lowest BCUT2D eigenvalue weighted by atomic mass is 9.78. The summed E-state index contributed by atoms with van der Waals surface area (Å²) >= 11 is 0. The fraction of sp³-hybridized carbons (Fsp3) is 1.00. The lowest BCUT2D eigenvalue weighted by Crippen LogP contribution is -2.38. The minimum Gasteiger partial charge on any atom is -0.378 e. The molecule has 1 rings (SSSR count). The van der Waals surface area contributed by atoms with E-state index in [1.54, 1.807) is 0 Å². The topological polar surface area (TPSA) is 44.5 Å². The van der Waals surface area contributed by atoms with Gasteiger partial charge in [-0.15, -0.1) is 0 Å². The van der Waals surface area contributed by atoms with Gasteiger partial charge in [0, 0.05) is 12.6 Å². The van der Waals surface area contributed by atoms with Crippen LogP contribution in [0.15, 0.2) is 0 Å². The van der Waals surface area contributed by atoms with Gasteiger partial charge in [-0.3, -0.25) is 0 Å². The summed E-state index contributed by atoms with van der Waals surface area (Å²) in [6.45, 7) is 7.66. The second kappa shape index (κ2) is 6.46. The minimum absolute atomic E-state index is 0.194. The molecule has 1 unspecified atom stereocenters. The quantitative estimate of drug-likeness (QED) is 0.706. The maximum atomic E-state index is 5.99. The van der Waals surface area contributed by atoms with Crippen LogP contribution < -0.4 is 5.73 Å². The van der Waals surface area contributed by atoms with E-state index in [1.165, 1.54) is 12.8 Å². The van der Waals surface area contributed by atoms with E-state index in [1.807, 2.05) is 13.8 Å². The first kappa shape index (κ1) is 12.9. The van der Waals surface area contributed by atoms with Crippen molar-refractivity contribution in [3.63, 3.8) is 0 Å². The molecule has 1 atom stereocenters. The van der Waals surface area contributed by atoms with Crippen LogP contribution in [0.2, 0.25) is 0 Å². The molecule has 3 heteroatoms. The van der Waals surface area contributed by atoms with Gasteiger partial charge in [0.15, 0.2) is 0 Å². The van der Waals surface area contributed by atoms with Gasteiger partial charge in [0.2, 0.25) is 0 Å². The van der Waals surface area contributed by atoms with Crippen molar-refractivity contribution < 1.29 is 9.47 Å². The van der Waals surface area contributed by atoms with E-state index in [2.05, 4.69) is 6.92 Å². The number of rotatable bonds is 7. The van der Waals surface area contributed by atoms with Crippen LogP contribution >= 0.6 is 0 Å². The van der Waals surface area contributed by atoms with Gasteiger partial charge in [-0.05, 0) is 46.0 Å². The van der Waals surface area contributed by atoms with Crippen LogP contribution in [-0.4, -0.2) is 31.5 Å². The van der Waals surface area contributed by atoms with Crippen molar-refractivity contribution in [1.82, 2.24) is 0 Å². The van der Waals surface area contributed by atoms with Crippen molar-refractivity contribution in [1.29, 1.82) is 0 Å². The summed E-state index contributed by atoms with van der Waals surface area (Å²) in [7, 11) is 0. The molecule has 0 spiro atoms. The fourth-order valence-electron chi connectivity index (χ4n) is 2.05. The zero-order chi connectivity index (χ0) is 11.3. The van der Waals surface area contributed by atoms with Crippen LogP contribution in [-0.2, 0) is 9.47 Å². The molecule has 90 valence electrons. The molecule has 1 saturated carbocycles. The van der Waals surface area contributed by atoms with E-state index in [9.17, 15) is 0 Å². The summed E-state index contributed by atoms with van der Waals surface area (Å²) in [4.78, 5) is 0.